The largest absolute Gasteiger partial charge is 0.508 e. The second kappa shape index (κ2) is 8.21. The molecule has 0 saturated heterocycles. The summed E-state index contributed by atoms with van der Waals surface area (Å²) in [6.45, 7) is 1.76. The lowest BCUT2D eigenvalue weighted by molar-refractivity contribution is -0.153. The molecule has 0 spiro atoms. The minimum absolute atomic E-state index is 0.0263. The number of rotatable bonds is 3. The van der Waals surface area contributed by atoms with Crippen molar-refractivity contribution in [2.45, 2.75) is 69.8 Å². The third-order valence-corrected chi connectivity index (χ3v) is 9.45. The zero-order chi connectivity index (χ0) is 27.4. The standard InChI is InChI=1S/C28H31FN2O7/c1-11(32)18-25(35)22(30(2)3)17-8-12-7-14-20(24(34)19(12)27(37)28(17,38)26(18)36)23(33)16-10-31(13-5-4-6-13)9-15(16)21(14)29/h12-13,17,22,33-34,36,38H,4-10H2,1-3H3/t12-,17-,22-,28+/m0/s1. The highest BCUT2D eigenvalue weighted by Crippen LogP contribution is 2.54. The molecule has 4 aliphatic carbocycles. The number of likely N-dealkylation sites (N-methyl/N-ethyl adjacent to an activating group) is 1. The Bertz CT molecular complexity index is 1390. The molecule has 10 heteroatoms. The Kier molecular flexibility index (Phi) is 5.45. The number of benzene rings is 1. The smallest absolute Gasteiger partial charge is 0.202 e. The number of Topliss-reactive ketones (excluding diaryl/α,β-unsaturated/α-hetero) is 3. The van der Waals surface area contributed by atoms with Crippen molar-refractivity contribution in [3.63, 3.8) is 0 Å². The number of halogens is 1. The van der Waals surface area contributed by atoms with Gasteiger partial charge in [-0.25, -0.2) is 4.39 Å². The Morgan fingerprint density at radius 3 is 2.32 bits per heavy atom. The lowest BCUT2D eigenvalue weighted by Crippen LogP contribution is -2.65. The van der Waals surface area contributed by atoms with Gasteiger partial charge in [0.2, 0.25) is 5.78 Å². The van der Waals surface area contributed by atoms with Gasteiger partial charge in [0.25, 0.3) is 0 Å². The lowest BCUT2D eigenvalue weighted by Gasteiger charge is -2.50. The molecule has 0 unspecified atom stereocenters. The summed E-state index contributed by atoms with van der Waals surface area (Å²) in [5, 5.41) is 45.3. The summed E-state index contributed by atoms with van der Waals surface area (Å²) >= 11 is 0. The maximum Gasteiger partial charge on any atom is 0.202 e. The maximum absolute atomic E-state index is 15.9. The Balaban J connectivity index is 1.51. The topological polar surface area (TPSA) is 139 Å². The fourth-order valence-electron chi connectivity index (χ4n) is 7.35. The third-order valence-electron chi connectivity index (χ3n) is 9.45. The Labute approximate surface area is 218 Å². The van der Waals surface area contributed by atoms with Crippen molar-refractivity contribution in [1.29, 1.82) is 0 Å². The van der Waals surface area contributed by atoms with E-state index in [1.54, 1.807) is 14.1 Å². The molecule has 202 valence electrons. The third kappa shape index (κ3) is 3.05. The number of ketones is 3. The van der Waals surface area contributed by atoms with E-state index in [9.17, 15) is 34.8 Å². The van der Waals surface area contributed by atoms with Gasteiger partial charge >= 0.3 is 0 Å². The van der Waals surface area contributed by atoms with Crippen molar-refractivity contribution in [2.75, 3.05) is 14.1 Å². The highest BCUT2D eigenvalue weighted by atomic mass is 19.1. The molecule has 1 heterocycles. The van der Waals surface area contributed by atoms with Crippen LogP contribution in [0.4, 0.5) is 4.39 Å². The molecule has 0 bridgehead atoms. The number of fused-ring (bicyclic) bond motifs is 4. The molecular weight excluding hydrogens is 495 g/mol. The van der Waals surface area contributed by atoms with Crippen molar-refractivity contribution in [2.24, 2.45) is 11.8 Å². The van der Waals surface area contributed by atoms with E-state index in [1.807, 2.05) is 0 Å². The summed E-state index contributed by atoms with van der Waals surface area (Å²) in [6.07, 6.45) is 3.06. The van der Waals surface area contributed by atoms with Crippen LogP contribution < -0.4 is 0 Å². The molecule has 4 N–H and O–H groups in total. The summed E-state index contributed by atoms with van der Waals surface area (Å²) in [6, 6.07) is -0.782. The number of phenols is 1. The zero-order valence-corrected chi connectivity index (χ0v) is 21.5. The van der Waals surface area contributed by atoms with E-state index >= 15 is 4.39 Å². The van der Waals surface area contributed by atoms with Crippen LogP contribution in [0.1, 0.15) is 54.9 Å². The Morgan fingerprint density at radius 1 is 1.08 bits per heavy atom. The van der Waals surface area contributed by atoms with E-state index in [0.29, 0.717) is 30.3 Å². The molecule has 5 aliphatic rings. The minimum atomic E-state index is -2.63. The number of carbonyl (C=O) groups excluding carboxylic acids is 3. The summed E-state index contributed by atoms with van der Waals surface area (Å²) < 4.78 is 15.9. The van der Waals surface area contributed by atoms with E-state index in [0.717, 1.165) is 26.2 Å². The first kappa shape index (κ1) is 25.2. The van der Waals surface area contributed by atoms with E-state index < -0.39 is 63.7 Å². The van der Waals surface area contributed by atoms with Crippen molar-refractivity contribution in [1.82, 2.24) is 9.80 Å². The number of hydrogen-bond acceptors (Lipinski definition) is 9. The molecule has 2 fully saturated rings. The average Bonchev–Trinajstić information content (AvgIpc) is 3.23. The Morgan fingerprint density at radius 2 is 1.74 bits per heavy atom. The van der Waals surface area contributed by atoms with Crippen LogP contribution in [0.15, 0.2) is 16.9 Å². The number of carbonyl (C=O) groups is 3. The van der Waals surface area contributed by atoms with Crippen LogP contribution >= 0.6 is 0 Å². The maximum atomic E-state index is 15.9. The van der Waals surface area contributed by atoms with E-state index in [2.05, 4.69) is 4.90 Å². The Hall–Kier alpha value is -3.08. The van der Waals surface area contributed by atoms with Crippen LogP contribution in [0.5, 0.6) is 5.75 Å². The van der Waals surface area contributed by atoms with Crippen LogP contribution in [0, 0.1) is 17.7 Å². The SMILES string of the molecule is CC(=O)C1=C(O)[C@@]2(O)C(=O)C3=C(O)c4c(O)c5c(c(F)c4C[C@H]3C[C@H]2[C@H](N(C)C)C1=O)CN(C1CCC1)C5. The van der Waals surface area contributed by atoms with Crippen LogP contribution in [-0.2, 0) is 33.9 Å². The molecule has 0 radical (unpaired) electrons. The first-order chi connectivity index (χ1) is 17.9. The fourth-order valence-corrected chi connectivity index (χ4v) is 7.35. The minimum Gasteiger partial charge on any atom is -0.508 e. The van der Waals surface area contributed by atoms with Crippen LogP contribution in [0.3, 0.4) is 0 Å². The number of aliphatic hydroxyl groups excluding tert-OH is 2. The van der Waals surface area contributed by atoms with E-state index in [-0.39, 0.29) is 35.3 Å². The molecule has 9 nitrogen and oxygen atoms in total. The molecule has 1 aromatic carbocycles. The van der Waals surface area contributed by atoms with Gasteiger partial charge in [0, 0.05) is 47.3 Å². The molecule has 4 atom stereocenters. The van der Waals surface area contributed by atoms with Crippen molar-refractivity contribution in [3.8, 4) is 5.75 Å². The molecule has 0 amide bonds. The van der Waals surface area contributed by atoms with Gasteiger partial charge in [-0.15, -0.1) is 0 Å². The first-order valence-electron chi connectivity index (χ1n) is 13.0. The second-order valence-corrected chi connectivity index (χ2v) is 11.6. The average molecular weight is 527 g/mol. The number of aliphatic hydroxyl groups is 3. The van der Waals surface area contributed by atoms with Gasteiger partial charge in [-0.05, 0) is 52.6 Å². The molecule has 6 rings (SSSR count). The number of nitrogens with zero attached hydrogens (tertiary/aromatic N) is 2. The number of hydrogen-bond donors (Lipinski definition) is 4. The van der Waals surface area contributed by atoms with Crippen LogP contribution in [-0.4, -0.2) is 79.4 Å². The molecule has 0 aromatic heterocycles. The molecule has 1 aliphatic heterocycles. The van der Waals surface area contributed by atoms with Gasteiger partial charge in [0.15, 0.2) is 17.2 Å². The van der Waals surface area contributed by atoms with Crippen molar-refractivity contribution in [3.05, 3.63) is 45.0 Å². The molecule has 2 saturated carbocycles. The predicted octanol–water partition coefficient (Wildman–Crippen LogP) is 2.07. The van der Waals surface area contributed by atoms with Gasteiger partial charge in [-0.3, -0.25) is 24.2 Å². The van der Waals surface area contributed by atoms with Gasteiger partial charge in [0.05, 0.1) is 11.6 Å². The van der Waals surface area contributed by atoms with Gasteiger partial charge in [0.1, 0.15) is 28.7 Å². The van der Waals surface area contributed by atoms with Gasteiger partial charge in [-0.1, -0.05) is 6.42 Å². The second-order valence-electron chi connectivity index (χ2n) is 11.6. The fraction of sp³-hybridized carbons (Fsp3) is 0.536. The van der Waals surface area contributed by atoms with Crippen LogP contribution in [0.25, 0.3) is 5.76 Å². The summed E-state index contributed by atoms with van der Waals surface area (Å²) in [4.78, 5) is 43.0. The molecular formula is C28H31FN2O7. The van der Waals surface area contributed by atoms with Gasteiger partial charge < -0.3 is 20.4 Å². The zero-order valence-electron chi connectivity index (χ0n) is 21.5. The number of aromatic hydroxyl groups is 1. The van der Waals surface area contributed by atoms with E-state index in [1.165, 1.54) is 4.90 Å². The van der Waals surface area contributed by atoms with Crippen molar-refractivity contribution < 1.29 is 39.2 Å². The molecule has 38 heavy (non-hydrogen) atoms. The quantitative estimate of drug-likeness (QED) is 0.436. The van der Waals surface area contributed by atoms with Crippen molar-refractivity contribution >= 4 is 23.1 Å². The summed E-state index contributed by atoms with van der Waals surface area (Å²) in [5.41, 5.74) is -2.79. The predicted molar refractivity (Wildman–Crippen MR) is 133 cm³/mol. The summed E-state index contributed by atoms with van der Waals surface area (Å²) in [7, 11) is 3.14. The highest BCUT2D eigenvalue weighted by molar-refractivity contribution is 6.25. The summed E-state index contributed by atoms with van der Waals surface area (Å²) in [5.74, 6) is -6.89. The monoisotopic (exact) mass is 526 g/mol. The first-order valence-corrected chi connectivity index (χ1v) is 13.0. The molecule has 1 aromatic rings. The van der Waals surface area contributed by atoms with Gasteiger partial charge in [-0.2, -0.15) is 0 Å². The lowest BCUT2D eigenvalue weighted by atomic mass is 9.57. The number of phenolic OH excluding ortho intramolecular Hbond substituents is 1. The van der Waals surface area contributed by atoms with Crippen LogP contribution in [0.2, 0.25) is 0 Å². The van der Waals surface area contributed by atoms with E-state index in [4.69, 9.17) is 0 Å². The highest BCUT2D eigenvalue weighted by Gasteiger charge is 2.64. The normalized spacial score (nSPS) is 31.3.